The summed E-state index contributed by atoms with van der Waals surface area (Å²) >= 11 is 6.18. The average Bonchev–Trinajstić information content (AvgIpc) is 2.62. The van der Waals surface area contributed by atoms with Gasteiger partial charge in [-0.1, -0.05) is 41.9 Å². The predicted molar refractivity (Wildman–Crippen MR) is 110 cm³/mol. The van der Waals surface area contributed by atoms with Crippen LogP contribution in [0.2, 0.25) is 5.02 Å². The Bertz CT molecular complexity index is 823. The van der Waals surface area contributed by atoms with Crippen molar-refractivity contribution in [3.05, 3.63) is 64.2 Å². The molecule has 0 spiro atoms. The number of carbonyl (C=O) groups excluding carboxylic acids is 2. The number of amides is 2. The first-order chi connectivity index (χ1) is 12.8. The topological polar surface area (TPSA) is 61.4 Å². The fraction of sp³-hybridized carbons (Fsp3) is 0.333. The minimum Gasteiger partial charge on any atom is -0.335 e. The Hall–Kier alpha value is -2.37. The molecule has 2 N–H and O–H groups in total. The van der Waals surface area contributed by atoms with Gasteiger partial charge in [-0.25, -0.2) is 0 Å². The molecular weight excluding hydrogens is 362 g/mol. The van der Waals surface area contributed by atoms with Gasteiger partial charge < -0.3 is 15.5 Å². The van der Waals surface area contributed by atoms with E-state index in [1.807, 2.05) is 63.2 Å². The van der Waals surface area contributed by atoms with Crippen molar-refractivity contribution in [2.75, 3.05) is 25.5 Å². The molecule has 0 fully saturated rings. The molecule has 2 aromatic carbocycles. The molecule has 27 heavy (non-hydrogen) atoms. The maximum absolute atomic E-state index is 12.3. The first-order valence-electron chi connectivity index (χ1n) is 8.87. The van der Waals surface area contributed by atoms with Crippen LogP contribution in [0.1, 0.15) is 29.7 Å². The molecule has 0 aliphatic heterocycles. The van der Waals surface area contributed by atoms with Gasteiger partial charge in [-0.3, -0.25) is 9.59 Å². The Labute approximate surface area is 165 Å². The van der Waals surface area contributed by atoms with Gasteiger partial charge in [0.15, 0.2) is 0 Å². The first-order valence-corrected chi connectivity index (χ1v) is 9.24. The molecular formula is C21H26ClN3O2. The maximum atomic E-state index is 12.3. The SMILES string of the molecule is Cc1ccc(C)c(NC(=O)CN(C)C(=O)CN[C@@H](C)c2ccccc2Cl)c1. The van der Waals surface area contributed by atoms with Gasteiger partial charge in [-0.15, -0.1) is 0 Å². The molecule has 0 aromatic heterocycles. The number of anilines is 1. The third-order valence-corrected chi connectivity index (χ3v) is 4.75. The van der Waals surface area contributed by atoms with E-state index in [0.29, 0.717) is 5.02 Å². The summed E-state index contributed by atoms with van der Waals surface area (Å²) in [6, 6.07) is 13.3. The van der Waals surface area contributed by atoms with Crippen LogP contribution in [0.5, 0.6) is 0 Å². The van der Waals surface area contributed by atoms with Crippen LogP contribution in [-0.2, 0) is 9.59 Å². The highest BCUT2D eigenvalue weighted by Gasteiger charge is 2.16. The Morgan fingerprint density at radius 2 is 1.85 bits per heavy atom. The van der Waals surface area contributed by atoms with Gasteiger partial charge in [0.1, 0.15) is 0 Å². The number of nitrogens with zero attached hydrogens (tertiary/aromatic N) is 1. The summed E-state index contributed by atoms with van der Waals surface area (Å²) in [6.45, 7) is 5.97. The number of likely N-dealkylation sites (N-methyl/N-ethyl adjacent to an activating group) is 1. The van der Waals surface area contributed by atoms with Crippen LogP contribution in [0, 0.1) is 13.8 Å². The van der Waals surface area contributed by atoms with Gasteiger partial charge in [0.25, 0.3) is 0 Å². The third-order valence-electron chi connectivity index (χ3n) is 4.40. The van der Waals surface area contributed by atoms with E-state index in [0.717, 1.165) is 22.4 Å². The molecule has 0 bridgehead atoms. The van der Waals surface area contributed by atoms with Crippen LogP contribution in [0.3, 0.4) is 0 Å². The summed E-state index contributed by atoms with van der Waals surface area (Å²) in [7, 11) is 1.62. The lowest BCUT2D eigenvalue weighted by molar-refractivity contribution is -0.132. The summed E-state index contributed by atoms with van der Waals surface area (Å²) in [6.07, 6.45) is 0. The van der Waals surface area contributed by atoms with E-state index in [1.165, 1.54) is 4.90 Å². The molecule has 144 valence electrons. The average molecular weight is 388 g/mol. The standard InChI is InChI=1S/C21H26ClN3O2/c1-14-9-10-15(2)19(11-14)24-20(26)13-25(4)21(27)12-23-16(3)17-7-5-6-8-18(17)22/h5-11,16,23H,12-13H2,1-4H3,(H,24,26)/t16-/m0/s1. The van der Waals surface area contributed by atoms with Crippen LogP contribution in [-0.4, -0.2) is 36.9 Å². The lowest BCUT2D eigenvalue weighted by Gasteiger charge is -2.20. The summed E-state index contributed by atoms with van der Waals surface area (Å²) in [5.74, 6) is -0.385. The van der Waals surface area contributed by atoms with Crippen molar-refractivity contribution >= 4 is 29.1 Å². The zero-order valence-electron chi connectivity index (χ0n) is 16.2. The van der Waals surface area contributed by atoms with Crippen LogP contribution >= 0.6 is 11.6 Å². The molecule has 2 amide bonds. The maximum Gasteiger partial charge on any atom is 0.243 e. The van der Waals surface area contributed by atoms with Crippen molar-refractivity contribution in [3.8, 4) is 0 Å². The van der Waals surface area contributed by atoms with Crippen molar-refractivity contribution < 1.29 is 9.59 Å². The predicted octanol–water partition coefficient (Wildman–Crippen LogP) is 3.70. The zero-order valence-corrected chi connectivity index (χ0v) is 16.9. The Morgan fingerprint density at radius 1 is 1.15 bits per heavy atom. The summed E-state index contributed by atoms with van der Waals surface area (Å²) in [5.41, 5.74) is 3.75. The lowest BCUT2D eigenvalue weighted by atomic mass is 10.1. The smallest absolute Gasteiger partial charge is 0.243 e. The van der Waals surface area contributed by atoms with Gasteiger partial charge in [0, 0.05) is 23.8 Å². The second kappa shape index (κ2) is 9.53. The van der Waals surface area contributed by atoms with E-state index in [9.17, 15) is 9.59 Å². The highest BCUT2D eigenvalue weighted by atomic mass is 35.5. The van der Waals surface area contributed by atoms with Crippen molar-refractivity contribution in [1.29, 1.82) is 0 Å². The lowest BCUT2D eigenvalue weighted by Crippen LogP contribution is -2.40. The zero-order chi connectivity index (χ0) is 20.0. The normalized spacial score (nSPS) is 11.7. The molecule has 0 saturated heterocycles. The quantitative estimate of drug-likeness (QED) is 0.761. The number of hydrogen-bond acceptors (Lipinski definition) is 3. The van der Waals surface area contributed by atoms with Crippen LogP contribution in [0.25, 0.3) is 0 Å². The minimum atomic E-state index is -0.223. The van der Waals surface area contributed by atoms with Gasteiger partial charge in [-0.2, -0.15) is 0 Å². The monoisotopic (exact) mass is 387 g/mol. The summed E-state index contributed by atoms with van der Waals surface area (Å²) in [5, 5.41) is 6.68. The van der Waals surface area contributed by atoms with Crippen molar-refractivity contribution in [2.45, 2.75) is 26.8 Å². The number of aryl methyl sites for hydroxylation is 2. The molecule has 2 rings (SSSR count). The molecule has 0 radical (unpaired) electrons. The second-order valence-electron chi connectivity index (χ2n) is 6.74. The molecule has 0 unspecified atom stereocenters. The molecule has 1 atom stereocenters. The number of carbonyl (C=O) groups is 2. The molecule has 0 aliphatic rings. The van der Waals surface area contributed by atoms with Gasteiger partial charge in [-0.05, 0) is 49.6 Å². The Balaban J connectivity index is 1.85. The number of nitrogens with one attached hydrogen (secondary N) is 2. The van der Waals surface area contributed by atoms with E-state index in [-0.39, 0.29) is 30.9 Å². The number of hydrogen-bond donors (Lipinski definition) is 2. The highest BCUT2D eigenvalue weighted by Crippen LogP contribution is 2.21. The van der Waals surface area contributed by atoms with Gasteiger partial charge in [0.05, 0.1) is 13.1 Å². The second-order valence-corrected chi connectivity index (χ2v) is 7.15. The van der Waals surface area contributed by atoms with Crippen molar-refractivity contribution in [2.24, 2.45) is 0 Å². The number of rotatable bonds is 7. The largest absolute Gasteiger partial charge is 0.335 e. The van der Waals surface area contributed by atoms with Crippen molar-refractivity contribution in [1.82, 2.24) is 10.2 Å². The first kappa shape index (κ1) is 20.9. The molecule has 0 saturated carbocycles. The molecule has 0 heterocycles. The van der Waals surface area contributed by atoms with Crippen LogP contribution < -0.4 is 10.6 Å². The Morgan fingerprint density at radius 3 is 2.56 bits per heavy atom. The Kier molecular flexibility index (Phi) is 7.39. The van der Waals surface area contributed by atoms with Gasteiger partial charge in [0.2, 0.25) is 11.8 Å². The summed E-state index contributed by atoms with van der Waals surface area (Å²) in [4.78, 5) is 26.0. The van der Waals surface area contributed by atoms with Crippen LogP contribution in [0.4, 0.5) is 5.69 Å². The molecule has 0 aliphatic carbocycles. The fourth-order valence-electron chi connectivity index (χ4n) is 2.68. The van der Waals surface area contributed by atoms with E-state index in [4.69, 9.17) is 11.6 Å². The number of benzene rings is 2. The van der Waals surface area contributed by atoms with Gasteiger partial charge >= 0.3 is 0 Å². The fourth-order valence-corrected chi connectivity index (χ4v) is 2.97. The minimum absolute atomic E-state index is 0.00559. The van der Waals surface area contributed by atoms with Crippen LogP contribution in [0.15, 0.2) is 42.5 Å². The molecule has 5 nitrogen and oxygen atoms in total. The van der Waals surface area contributed by atoms with E-state index >= 15 is 0 Å². The summed E-state index contributed by atoms with van der Waals surface area (Å²) < 4.78 is 0. The molecule has 2 aromatic rings. The highest BCUT2D eigenvalue weighted by molar-refractivity contribution is 6.31. The van der Waals surface area contributed by atoms with Crippen molar-refractivity contribution in [3.63, 3.8) is 0 Å². The van der Waals surface area contributed by atoms with E-state index in [1.54, 1.807) is 7.05 Å². The van der Waals surface area contributed by atoms with E-state index < -0.39 is 0 Å². The van der Waals surface area contributed by atoms with E-state index in [2.05, 4.69) is 10.6 Å². The molecule has 6 heteroatoms. The number of halogens is 1. The third kappa shape index (κ3) is 6.08.